The van der Waals surface area contributed by atoms with Gasteiger partial charge >= 0.3 is 0 Å². The molecule has 1 aliphatic carbocycles. The summed E-state index contributed by atoms with van der Waals surface area (Å²) in [5.74, 6) is 1.73. The van der Waals surface area contributed by atoms with Crippen molar-refractivity contribution in [1.82, 2.24) is 10.0 Å². The lowest BCUT2D eigenvalue weighted by molar-refractivity contribution is 0.260. The summed E-state index contributed by atoms with van der Waals surface area (Å²) < 4.78 is 26.2. The molecule has 2 rings (SSSR count). The standard InChI is InChI=1S/C11H22N2O2S/c1-2-5-16(14,15)13-11-4-3-9-7-12-8-10(9)6-11/h9-13H,2-8H2,1H3/t9-,10+,11?/m0/s1. The van der Waals surface area contributed by atoms with E-state index in [-0.39, 0.29) is 11.8 Å². The van der Waals surface area contributed by atoms with Gasteiger partial charge in [-0.25, -0.2) is 13.1 Å². The monoisotopic (exact) mass is 246 g/mol. The van der Waals surface area contributed by atoms with Crippen LogP contribution in [0, 0.1) is 11.8 Å². The summed E-state index contributed by atoms with van der Waals surface area (Å²) >= 11 is 0. The lowest BCUT2D eigenvalue weighted by Gasteiger charge is -2.31. The molecule has 0 aromatic heterocycles. The van der Waals surface area contributed by atoms with E-state index in [1.807, 2.05) is 6.92 Å². The Bertz CT molecular complexity index is 329. The molecule has 1 aliphatic heterocycles. The molecule has 1 saturated heterocycles. The van der Waals surface area contributed by atoms with E-state index in [1.54, 1.807) is 0 Å². The molecule has 0 radical (unpaired) electrons. The average Bonchev–Trinajstić information content (AvgIpc) is 2.63. The highest BCUT2D eigenvalue weighted by Gasteiger charge is 2.34. The zero-order chi connectivity index (χ0) is 11.6. The molecule has 2 aliphatic rings. The second kappa shape index (κ2) is 5.02. The Hall–Kier alpha value is -0.130. The van der Waals surface area contributed by atoms with E-state index in [0.717, 1.165) is 38.3 Å². The summed E-state index contributed by atoms with van der Waals surface area (Å²) in [5, 5.41) is 3.40. The van der Waals surface area contributed by atoms with E-state index in [4.69, 9.17) is 0 Å². The molecule has 94 valence electrons. The molecule has 0 bridgehead atoms. The first kappa shape index (κ1) is 12.3. The van der Waals surface area contributed by atoms with Gasteiger partial charge < -0.3 is 5.32 Å². The van der Waals surface area contributed by atoms with Crippen molar-refractivity contribution >= 4 is 10.0 Å². The second-order valence-electron chi connectivity index (χ2n) is 5.13. The number of fused-ring (bicyclic) bond motifs is 1. The van der Waals surface area contributed by atoms with Crippen LogP contribution in [-0.2, 0) is 10.0 Å². The van der Waals surface area contributed by atoms with Crippen LogP contribution in [0.1, 0.15) is 32.6 Å². The summed E-state index contributed by atoms with van der Waals surface area (Å²) in [4.78, 5) is 0. The molecular weight excluding hydrogens is 224 g/mol. The summed E-state index contributed by atoms with van der Waals surface area (Å²) in [7, 11) is -3.03. The molecule has 16 heavy (non-hydrogen) atoms. The van der Waals surface area contributed by atoms with Crippen LogP contribution in [-0.4, -0.2) is 33.3 Å². The van der Waals surface area contributed by atoms with Crippen molar-refractivity contribution in [1.29, 1.82) is 0 Å². The minimum Gasteiger partial charge on any atom is -0.316 e. The van der Waals surface area contributed by atoms with Gasteiger partial charge in [0.25, 0.3) is 0 Å². The van der Waals surface area contributed by atoms with Gasteiger partial charge in [0, 0.05) is 6.04 Å². The van der Waals surface area contributed by atoms with Gasteiger partial charge in [-0.3, -0.25) is 0 Å². The van der Waals surface area contributed by atoms with Crippen LogP contribution >= 0.6 is 0 Å². The van der Waals surface area contributed by atoms with Gasteiger partial charge in [-0.05, 0) is 50.6 Å². The molecule has 4 nitrogen and oxygen atoms in total. The van der Waals surface area contributed by atoms with Gasteiger partial charge in [0.05, 0.1) is 5.75 Å². The third kappa shape index (κ3) is 2.96. The zero-order valence-corrected chi connectivity index (χ0v) is 10.7. The van der Waals surface area contributed by atoms with Crippen molar-refractivity contribution in [3.8, 4) is 0 Å². The Labute approximate surface area is 98.2 Å². The second-order valence-corrected chi connectivity index (χ2v) is 7.00. The Morgan fingerprint density at radius 1 is 1.25 bits per heavy atom. The van der Waals surface area contributed by atoms with Crippen molar-refractivity contribution in [3.05, 3.63) is 0 Å². The van der Waals surface area contributed by atoms with Crippen molar-refractivity contribution in [2.45, 2.75) is 38.6 Å². The van der Waals surface area contributed by atoms with E-state index < -0.39 is 10.0 Å². The topological polar surface area (TPSA) is 58.2 Å². The van der Waals surface area contributed by atoms with Crippen LogP contribution in [0.2, 0.25) is 0 Å². The van der Waals surface area contributed by atoms with Gasteiger partial charge in [0.1, 0.15) is 0 Å². The maximum absolute atomic E-state index is 11.7. The molecule has 0 amide bonds. The lowest BCUT2D eigenvalue weighted by Crippen LogP contribution is -2.41. The maximum Gasteiger partial charge on any atom is 0.211 e. The SMILES string of the molecule is CCCS(=O)(=O)NC1CC[C@H]2CNC[C@H]2C1. The quantitative estimate of drug-likeness (QED) is 0.768. The summed E-state index contributed by atoms with van der Waals surface area (Å²) in [6.07, 6.45) is 3.87. The Balaban J connectivity index is 1.87. The van der Waals surface area contributed by atoms with Crippen molar-refractivity contribution in [3.63, 3.8) is 0 Å². The van der Waals surface area contributed by atoms with Crippen molar-refractivity contribution in [2.24, 2.45) is 11.8 Å². The predicted molar refractivity (Wildman–Crippen MR) is 64.7 cm³/mol. The fourth-order valence-electron chi connectivity index (χ4n) is 2.99. The summed E-state index contributed by atoms with van der Waals surface area (Å²) in [5.41, 5.74) is 0. The van der Waals surface area contributed by atoms with Crippen LogP contribution in [0.15, 0.2) is 0 Å². The number of hydrogen-bond donors (Lipinski definition) is 2. The Morgan fingerprint density at radius 3 is 2.75 bits per heavy atom. The predicted octanol–water partition coefficient (Wildman–Crippen LogP) is 0.704. The highest BCUT2D eigenvalue weighted by molar-refractivity contribution is 7.89. The van der Waals surface area contributed by atoms with Crippen molar-refractivity contribution in [2.75, 3.05) is 18.8 Å². The third-order valence-electron chi connectivity index (χ3n) is 3.77. The fraction of sp³-hybridized carbons (Fsp3) is 1.00. The first-order chi connectivity index (χ1) is 7.61. The molecule has 1 heterocycles. The van der Waals surface area contributed by atoms with Crippen LogP contribution < -0.4 is 10.0 Å². The maximum atomic E-state index is 11.7. The molecule has 0 spiro atoms. The highest BCUT2D eigenvalue weighted by Crippen LogP contribution is 2.32. The van der Waals surface area contributed by atoms with E-state index in [2.05, 4.69) is 10.0 Å². The minimum absolute atomic E-state index is 0.178. The Kier molecular flexibility index (Phi) is 3.87. The van der Waals surface area contributed by atoms with Crippen LogP contribution in [0.3, 0.4) is 0 Å². The molecule has 1 unspecified atom stereocenters. The van der Waals surface area contributed by atoms with Crippen LogP contribution in [0.4, 0.5) is 0 Å². The summed E-state index contributed by atoms with van der Waals surface area (Å²) in [6.45, 7) is 4.09. The fourth-order valence-corrected chi connectivity index (χ4v) is 4.37. The van der Waals surface area contributed by atoms with Gasteiger partial charge in [-0.1, -0.05) is 6.92 Å². The smallest absolute Gasteiger partial charge is 0.211 e. The van der Waals surface area contributed by atoms with Crippen molar-refractivity contribution < 1.29 is 8.42 Å². The molecule has 2 fully saturated rings. The molecular formula is C11H22N2O2S. The van der Waals surface area contributed by atoms with E-state index in [0.29, 0.717) is 12.3 Å². The van der Waals surface area contributed by atoms with Gasteiger partial charge in [-0.15, -0.1) is 0 Å². The largest absolute Gasteiger partial charge is 0.316 e. The molecule has 1 saturated carbocycles. The molecule has 2 N–H and O–H groups in total. The molecule has 0 aromatic carbocycles. The van der Waals surface area contributed by atoms with Gasteiger partial charge in [0.2, 0.25) is 10.0 Å². The van der Waals surface area contributed by atoms with Gasteiger partial charge in [-0.2, -0.15) is 0 Å². The van der Waals surface area contributed by atoms with Crippen LogP contribution in [0.25, 0.3) is 0 Å². The minimum atomic E-state index is -3.03. The molecule has 5 heteroatoms. The van der Waals surface area contributed by atoms with E-state index >= 15 is 0 Å². The third-order valence-corrected chi connectivity index (χ3v) is 5.41. The first-order valence-corrected chi connectivity index (χ1v) is 7.96. The van der Waals surface area contributed by atoms with Gasteiger partial charge in [0.15, 0.2) is 0 Å². The van der Waals surface area contributed by atoms with E-state index in [9.17, 15) is 8.42 Å². The van der Waals surface area contributed by atoms with Crippen LogP contribution in [0.5, 0.6) is 0 Å². The number of rotatable bonds is 4. The summed E-state index contributed by atoms with van der Waals surface area (Å²) in [6, 6.07) is 0.178. The number of hydrogen-bond acceptors (Lipinski definition) is 3. The highest BCUT2D eigenvalue weighted by atomic mass is 32.2. The molecule has 3 atom stereocenters. The number of nitrogens with one attached hydrogen (secondary N) is 2. The van der Waals surface area contributed by atoms with E-state index in [1.165, 1.54) is 0 Å². The zero-order valence-electron chi connectivity index (χ0n) is 9.91. The molecule has 0 aromatic rings. The lowest BCUT2D eigenvalue weighted by atomic mass is 9.79. The average molecular weight is 246 g/mol. The Morgan fingerprint density at radius 2 is 2.00 bits per heavy atom. The first-order valence-electron chi connectivity index (χ1n) is 6.31. The number of sulfonamides is 1. The normalized spacial score (nSPS) is 34.9.